The molecule has 0 bridgehead atoms. The van der Waals surface area contributed by atoms with Crippen molar-refractivity contribution < 1.29 is 9.47 Å². The maximum absolute atomic E-state index is 5.66. The van der Waals surface area contributed by atoms with Crippen molar-refractivity contribution >= 4 is 41.7 Å². The Balaban J connectivity index is 0.00000300. The first kappa shape index (κ1) is 24.7. The molecule has 2 aliphatic heterocycles. The fraction of sp³-hybridized carbons (Fsp3) is 0.667. The lowest BCUT2D eigenvalue weighted by Crippen LogP contribution is -2.53. The number of guanidine groups is 1. The second-order valence-corrected chi connectivity index (χ2v) is 8.55. The number of aryl methyl sites for hydroxylation is 1. The smallest absolute Gasteiger partial charge is 0.191 e. The van der Waals surface area contributed by atoms with E-state index < -0.39 is 0 Å². The summed E-state index contributed by atoms with van der Waals surface area (Å²) in [5.74, 6) is 2.47. The predicted molar refractivity (Wildman–Crippen MR) is 132 cm³/mol. The summed E-state index contributed by atoms with van der Waals surface area (Å²) in [6.07, 6.45) is 1.14. The highest BCUT2D eigenvalue weighted by Gasteiger charge is 2.31. The van der Waals surface area contributed by atoms with Crippen LogP contribution in [0.5, 0.6) is 0 Å². The van der Waals surface area contributed by atoms with Crippen LogP contribution in [0.4, 0.5) is 0 Å². The van der Waals surface area contributed by atoms with Crippen LogP contribution < -0.4 is 10.6 Å². The molecule has 2 aliphatic rings. The first-order chi connectivity index (χ1) is 13.8. The number of thioether (sulfide) groups is 1. The van der Waals surface area contributed by atoms with Crippen LogP contribution in [-0.2, 0) is 9.47 Å². The van der Waals surface area contributed by atoms with Crippen LogP contribution in [0.1, 0.15) is 12.0 Å². The highest BCUT2D eigenvalue weighted by molar-refractivity contribution is 14.0. The Hall–Kier alpha value is -0.550. The van der Waals surface area contributed by atoms with Gasteiger partial charge in [-0.1, -0.05) is 17.7 Å². The molecule has 0 saturated carbocycles. The van der Waals surface area contributed by atoms with E-state index in [2.05, 4.69) is 51.7 Å². The zero-order valence-corrected chi connectivity index (χ0v) is 20.7. The van der Waals surface area contributed by atoms with Gasteiger partial charge in [0.05, 0.1) is 19.8 Å². The number of nitrogens with zero attached hydrogens (tertiary/aromatic N) is 2. The van der Waals surface area contributed by atoms with Crippen LogP contribution >= 0.6 is 35.7 Å². The molecule has 0 radical (unpaired) electrons. The van der Waals surface area contributed by atoms with E-state index in [0.29, 0.717) is 12.0 Å². The summed E-state index contributed by atoms with van der Waals surface area (Å²) in [7, 11) is 1.84. The first-order valence-electron chi connectivity index (χ1n) is 10.3. The molecular formula is C21H35IN4O2S. The maximum Gasteiger partial charge on any atom is 0.191 e. The molecule has 3 rings (SSSR count). The molecule has 6 nitrogen and oxygen atoms in total. The first-order valence-corrected chi connectivity index (χ1v) is 11.3. The fourth-order valence-corrected chi connectivity index (χ4v) is 4.52. The standard InChI is InChI=1S/C21H34N4O2S.HI/c1-17-3-5-19(6-4-17)28-14-8-23-21(22-2)24-15-20(18-7-11-27-16-18)25-9-12-26-13-10-25;/h3-6,18,20H,7-16H2,1-2H3,(H2,22,23,24);1H. The van der Waals surface area contributed by atoms with Gasteiger partial charge in [-0.15, -0.1) is 35.7 Å². The predicted octanol–water partition coefficient (Wildman–Crippen LogP) is 2.61. The van der Waals surface area contributed by atoms with Gasteiger partial charge in [0, 0.05) is 62.4 Å². The second kappa shape index (κ2) is 13.7. The van der Waals surface area contributed by atoms with Crippen LogP contribution in [0, 0.1) is 12.8 Å². The number of hydrogen-bond donors (Lipinski definition) is 2. The van der Waals surface area contributed by atoms with Gasteiger partial charge in [0.15, 0.2) is 5.96 Å². The molecule has 0 spiro atoms. The molecule has 1 aromatic rings. The highest BCUT2D eigenvalue weighted by atomic mass is 127. The molecule has 0 aromatic heterocycles. The molecule has 0 amide bonds. The lowest BCUT2D eigenvalue weighted by atomic mass is 9.97. The molecule has 8 heteroatoms. The number of nitrogens with one attached hydrogen (secondary N) is 2. The van der Waals surface area contributed by atoms with Crippen LogP contribution in [0.25, 0.3) is 0 Å². The van der Waals surface area contributed by atoms with Gasteiger partial charge >= 0.3 is 0 Å². The van der Waals surface area contributed by atoms with Crippen LogP contribution in [-0.4, -0.2) is 82.3 Å². The van der Waals surface area contributed by atoms with Gasteiger partial charge in [-0.2, -0.15) is 0 Å². The van der Waals surface area contributed by atoms with E-state index in [4.69, 9.17) is 9.47 Å². The Morgan fingerprint density at radius 2 is 1.93 bits per heavy atom. The number of halogens is 1. The summed E-state index contributed by atoms with van der Waals surface area (Å²) in [5.41, 5.74) is 1.30. The molecule has 2 atom stereocenters. The van der Waals surface area contributed by atoms with Gasteiger partial charge in [-0.3, -0.25) is 9.89 Å². The van der Waals surface area contributed by atoms with Gasteiger partial charge in [-0.25, -0.2) is 0 Å². The third-order valence-corrected chi connectivity index (χ3v) is 6.42. The van der Waals surface area contributed by atoms with Crippen LogP contribution in [0.2, 0.25) is 0 Å². The molecule has 1 aromatic carbocycles. The zero-order chi connectivity index (χ0) is 19.6. The van der Waals surface area contributed by atoms with Crippen molar-refractivity contribution in [2.24, 2.45) is 10.9 Å². The number of rotatable bonds is 8. The third kappa shape index (κ3) is 8.24. The summed E-state index contributed by atoms with van der Waals surface area (Å²) < 4.78 is 11.2. The minimum Gasteiger partial charge on any atom is -0.381 e. The van der Waals surface area contributed by atoms with Crippen molar-refractivity contribution in [2.45, 2.75) is 24.3 Å². The maximum atomic E-state index is 5.66. The Morgan fingerprint density at radius 3 is 2.59 bits per heavy atom. The lowest BCUT2D eigenvalue weighted by Gasteiger charge is -2.37. The average Bonchev–Trinajstić information content (AvgIpc) is 3.26. The average molecular weight is 535 g/mol. The molecule has 0 aliphatic carbocycles. The molecule has 2 saturated heterocycles. The molecule has 2 N–H and O–H groups in total. The van der Waals surface area contributed by atoms with Crippen molar-refractivity contribution in [1.82, 2.24) is 15.5 Å². The van der Waals surface area contributed by atoms with Gasteiger partial charge in [-0.05, 0) is 25.5 Å². The lowest BCUT2D eigenvalue weighted by molar-refractivity contribution is 0.00247. The van der Waals surface area contributed by atoms with Gasteiger partial charge in [0.25, 0.3) is 0 Å². The zero-order valence-electron chi connectivity index (χ0n) is 17.6. The van der Waals surface area contributed by atoms with Gasteiger partial charge in [0.2, 0.25) is 0 Å². The topological polar surface area (TPSA) is 58.1 Å². The summed E-state index contributed by atoms with van der Waals surface area (Å²) in [6.45, 7) is 9.29. The number of aliphatic imine (C=N–C) groups is 1. The number of benzene rings is 1. The summed E-state index contributed by atoms with van der Waals surface area (Å²) in [6, 6.07) is 9.16. The van der Waals surface area contributed by atoms with E-state index in [-0.39, 0.29) is 24.0 Å². The Labute approximate surface area is 196 Å². The fourth-order valence-electron chi connectivity index (χ4n) is 3.75. The second-order valence-electron chi connectivity index (χ2n) is 7.38. The molecule has 164 valence electrons. The molecule has 2 fully saturated rings. The molecule has 2 heterocycles. The number of ether oxygens (including phenoxy) is 2. The van der Waals surface area contributed by atoms with E-state index in [1.54, 1.807) is 0 Å². The SMILES string of the molecule is CN=C(NCCSc1ccc(C)cc1)NCC(C1CCOC1)N1CCOCC1.I. The minimum atomic E-state index is 0. The summed E-state index contributed by atoms with van der Waals surface area (Å²) in [4.78, 5) is 8.26. The molecule has 29 heavy (non-hydrogen) atoms. The van der Waals surface area contributed by atoms with Crippen molar-refractivity contribution in [2.75, 3.05) is 65.4 Å². The van der Waals surface area contributed by atoms with Gasteiger partial charge in [0.1, 0.15) is 0 Å². The monoisotopic (exact) mass is 534 g/mol. The van der Waals surface area contributed by atoms with Crippen molar-refractivity contribution in [3.8, 4) is 0 Å². The van der Waals surface area contributed by atoms with E-state index in [0.717, 1.165) is 70.7 Å². The number of hydrogen-bond acceptors (Lipinski definition) is 5. The van der Waals surface area contributed by atoms with Gasteiger partial charge < -0.3 is 20.1 Å². The van der Waals surface area contributed by atoms with Crippen molar-refractivity contribution in [3.05, 3.63) is 29.8 Å². The number of morpholine rings is 1. The van der Waals surface area contributed by atoms with E-state index in [1.165, 1.54) is 10.5 Å². The van der Waals surface area contributed by atoms with E-state index in [1.807, 2.05) is 18.8 Å². The van der Waals surface area contributed by atoms with Crippen molar-refractivity contribution in [3.63, 3.8) is 0 Å². The molecular weight excluding hydrogens is 499 g/mol. The van der Waals surface area contributed by atoms with E-state index in [9.17, 15) is 0 Å². The van der Waals surface area contributed by atoms with Crippen LogP contribution in [0.3, 0.4) is 0 Å². The quantitative estimate of drug-likeness (QED) is 0.176. The van der Waals surface area contributed by atoms with Crippen molar-refractivity contribution in [1.29, 1.82) is 0 Å². The largest absolute Gasteiger partial charge is 0.381 e. The Bertz CT molecular complexity index is 605. The van der Waals surface area contributed by atoms with E-state index >= 15 is 0 Å². The summed E-state index contributed by atoms with van der Waals surface area (Å²) >= 11 is 1.87. The highest BCUT2D eigenvalue weighted by Crippen LogP contribution is 2.22. The third-order valence-electron chi connectivity index (χ3n) is 5.41. The normalized spacial score (nSPS) is 21.4. The van der Waals surface area contributed by atoms with Crippen LogP contribution in [0.15, 0.2) is 34.2 Å². The minimum absolute atomic E-state index is 0. The molecule has 2 unspecified atom stereocenters. The summed E-state index contributed by atoms with van der Waals surface area (Å²) in [5, 5.41) is 6.98. The Morgan fingerprint density at radius 1 is 1.17 bits per heavy atom. The Kier molecular flexibility index (Phi) is 11.7.